The topological polar surface area (TPSA) is 122 Å². The molecule has 0 unspecified atom stereocenters. The highest BCUT2D eigenvalue weighted by atomic mass is 16.6. The van der Waals surface area contributed by atoms with Crippen molar-refractivity contribution in [1.29, 1.82) is 0 Å². The van der Waals surface area contributed by atoms with E-state index in [1.54, 1.807) is 41.6 Å². The molecule has 3 aromatic carbocycles. The van der Waals surface area contributed by atoms with Crippen LogP contribution in [0.25, 0.3) is 0 Å². The standard InChI is InChI=1S/C27H20N4O6/c1-37-20-12-11-17(31(35)36)13-19(20)29-26(33)21-22(27(29)34)24(25(32)15-7-3-2-4-8-15)30-23(21)18-10-6-5-9-16(18)14-28-30/h2-14,21-24H,1H3/t21-,22+,23-,24+/m0/s1. The first-order valence-corrected chi connectivity index (χ1v) is 11.6. The Hall–Kier alpha value is -4.86. The number of fused-ring (bicyclic) bond motifs is 5. The van der Waals surface area contributed by atoms with Gasteiger partial charge in [0.2, 0.25) is 11.8 Å². The molecular weight excluding hydrogens is 476 g/mol. The van der Waals surface area contributed by atoms with E-state index in [0.717, 1.165) is 22.1 Å². The molecule has 184 valence electrons. The van der Waals surface area contributed by atoms with Crippen molar-refractivity contribution in [3.8, 4) is 5.75 Å². The highest BCUT2D eigenvalue weighted by Crippen LogP contribution is 2.54. The molecule has 0 N–H and O–H groups in total. The second-order valence-electron chi connectivity index (χ2n) is 9.05. The Morgan fingerprint density at radius 2 is 1.68 bits per heavy atom. The number of ketones is 1. The van der Waals surface area contributed by atoms with Crippen molar-refractivity contribution in [2.24, 2.45) is 16.9 Å². The van der Waals surface area contributed by atoms with Gasteiger partial charge in [0.05, 0.1) is 36.1 Å². The number of ether oxygens (including phenoxy) is 1. The summed E-state index contributed by atoms with van der Waals surface area (Å²) in [6, 6.07) is 18.0. The van der Waals surface area contributed by atoms with Crippen molar-refractivity contribution in [3.05, 3.63) is 99.6 Å². The highest BCUT2D eigenvalue weighted by molar-refractivity contribution is 6.25. The second kappa shape index (κ2) is 8.37. The maximum absolute atomic E-state index is 14.0. The maximum atomic E-state index is 14.0. The van der Waals surface area contributed by atoms with E-state index < -0.39 is 40.7 Å². The normalized spacial score (nSPS) is 23.5. The number of carbonyl (C=O) groups is 3. The largest absolute Gasteiger partial charge is 0.495 e. The summed E-state index contributed by atoms with van der Waals surface area (Å²) in [5.74, 6) is -3.34. The fourth-order valence-corrected chi connectivity index (χ4v) is 5.65. The fourth-order valence-electron chi connectivity index (χ4n) is 5.65. The molecule has 4 atom stereocenters. The van der Waals surface area contributed by atoms with Crippen LogP contribution >= 0.6 is 0 Å². The number of methoxy groups -OCH3 is 1. The second-order valence-corrected chi connectivity index (χ2v) is 9.05. The summed E-state index contributed by atoms with van der Waals surface area (Å²) in [5, 5.41) is 17.6. The molecule has 3 aromatic rings. The summed E-state index contributed by atoms with van der Waals surface area (Å²) >= 11 is 0. The molecule has 2 fully saturated rings. The van der Waals surface area contributed by atoms with Gasteiger partial charge in [0.1, 0.15) is 17.5 Å². The lowest BCUT2D eigenvalue weighted by molar-refractivity contribution is -0.384. The van der Waals surface area contributed by atoms with Crippen molar-refractivity contribution in [3.63, 3.8) is 0 Å². The summed E-state index contributed by atoms with van der Waals surface area (Å²) in [6.07, 6.45) is 1.63. The van der Waals surface area contributed by atoms with E-state index in [-0.39, 0.29) is 22.9 Å². The average Bonchev–Trinajstić information content (AvgIpc) is 3.40. The van der Waals surface area contributed by atoms with Crippen molar-refractivity contribution in [1.82, 2.24) is 5.01 Å². The van der Waals surface area contributed by atoms with Crippen LogP contribution in [-0.2, 0) is 9.59 Å². The molecule has 6 rings (SSSR count). The van der Waals surface area contributed by atoms with E-state index in [2.05, 4.69) is 5.10 Å². The molecule has 2 saturated heterocycles. The van der Waals surface area contributed by atoms with Gasteiger partial charge in [-0.25, -0.2) is 4.90 Å². The fraction of sp³-hybridized carbons (Fsp3) is 0.185. The Bertz CT molecular complexity index is 1500. The first kappa shape index (κ1) is 22.6. The van der Waals surface area contributed by atoms with E-state index >= 15 is 0 Å². The predicted octanol–water partition coefficient (Wildman–Crippen LogP) is 3.36. The monoisotopic (exact) mass is 496 g/mol. The number of benzene rings is 3. The van der Waals surface area contributed by atoms with Crippen LogP contribution in [0.15, 0.2) is 77.9 Å². The third-order valence-electron chi connectivity index (χ3n) is 7.23. The quantitative estimate of drug-likeness (QED) is 0.230. The molecule has 3 heterocycles. The number of nitro groups is 1. The number of nitro benzene ring substituents is 1. The number of amides is 2. The zero-order valence-electron chi connectivity index (χ0n) is 19.6. The van der Waals surface area contributed by atoms with E-state index in [0.29, 0.717) is 5.56 Å². The Kier molecular flexibility index (Phi) is 5.11. The number of carbonyl (C=O) groups excluding carboxylic acids is 3. The first-order valence-electron chi connectivity index (χ1n) is 11.6. The molecule has 2 amide bonds. The van der Waals surface area contributed by atoms with Crippen LogP contribution in [0.2, 0.25) is 0 Å². The van der Waals surface area contributed by atoms with Crippen LogP contribution in [0, 0.1) is 22.0 Å². The maximum Gasteiger partial charge on any atom is 0.271 e. The van der Waals surface area contributed by atoms with Crippen LogP contribution in [0.1, 0.15) is 27.5 Å². The molecule has 0 aliphatic carbocycles. The number of hydrogen-bond donors (Lipinski definition) is 0. The number of Topliss-reactive ketones (excluding diaryl/α,β-unsaturated/α-hetero) is 1. The SMILES string of the molecule is COc1ccc([N+](=O)[O-])cc1N1C(=O)[C@@H]2[C@H](C1=O)[C@@H]1c3ccccc3C=NN1[C@H]2C(=O)c1ccccc1. The molecule has 10 heteroatoms. The van der Waals surface area contributed by atoms with E-state index in [1.807, 2.05) is 24.3 Å². The van der Waals surface area contributed by atoms with E-state index in [9.17, 15) is 24.5 Å². The van der Waals surface area contributed by atoms with E-state index in [4.69, 9.17) is 4.74 Å². The van der Waals surface area contributed by atoms with Crippen molar-refractivity contribution >= 4 is 35.2 Å². The zero-order valence-corrected chi connectivity index (χ0v) is 19.6. The first-order chi connectivity index (χ1) is 17.9. The van der Waals surface area contributed by atoms with Gasteiger partial charge in [0.15, 0.2) is 5.78 Å². The number of anilines is 1. The van der Waals surface area contributed by atoms with Crippen molar-refractivity contribution in [2.45, 2.75) is 12.1 Å². The zero-order chi connectivity index (χ0) is 25.8. The predicted molar refractivity (Wildman–Crippen MR) is 132 cm³/mol. The number of nitrogens with zero attached hydrogens (tertiary/aromatic N) is 4. The molecule has 0 saturated carbocycles. The van der Waals surface area contributed by atoms with Gasteiger partial charge in [-0.1, -0.05) is 54.6 Å². The molecular formula is C27H20N4O6. The van der Waals surface area contributed by atoms with Gasteiger partial charge in [0.25, 0.3) is 5.69 Å². The Morgan fingerprint density at radius 1 is 0.973 bits per heavy atom. The van der Waals surface area contributed by atoms with Crippen LogP contribution in [-0.4, -0.2) is 46.9 Å². The minimum atomic E-state index is -1.04. The van der Waals surface area contributed by atoms with Crippen LogP contribution in [0.5, 0.6) is 5.75 Å². The van der Waals surface area contributed by atoms with Gasteiger partial charge in [-0.2, -0.15) is 5.10 Å². The minimum Gasteiger partial charge on any atom is -0.495 e. The van der Waals surface area contributed by atoms with Gasteiger partial charge >= 0.3 is 0 Å². The van der Waals surface area contributed by atoms with E-state index in [1.165, 1.54) is 19.2 Å². The van der Waals surface area contributed by atoms with Gasteiger partial charge in [-0.15, -0.1) is 0 Å². The number of hydrazone groups is 1. The molecule has 37 heavy (non-hydrogen) atoms. The van der Waals surface area contributed by atoms with Crippen molar-refractivity contribution < 1.29 is 24.0 Å². The summed E-state index contributed by atoms with van der Waals surface area (Å²) < 4.78 is 5.35. The lowest BCUT2D eigenvalue weighted by Gasteiger charge is -2.33. The van der Waals surface area contributed by atoms with Gasteiger partial charge in [-0.3, -0.25) is 29.5 Å². The van der Waals surface area contributed by atoms with Crippen LogP contribution in [0.3, 0.4) is 0 Å². The molecule has 3 aliphatic heterocycles. The smallest absolute Gasteiger partial charge is 0.271 e. The summed E-state index contributed by atoms with van der Waals surface area (Å²) in [4.78, 5) is 53.6. The third kappa shape index (κ3) is 3.25. The lowest BCUT2D eigenvalue weighted by Crippen LogP contribution is -2.44. The summed E-state index contributed by atoms with van der Waals surface area (Å²) in [6.45, 7) is 0. The van der Waals surface area contributed by atoms with Crippen LogP contribution < -0.4 is 9.64 Å². The number of imide groups is 1. The van der Waals surface area contributed by atoms with Gasteiger partial charge in [0, 0.05) is 17.7 Å². The molecule has 3 aliphatic rings. The van der Waals surface area contributed by atoms with Gasteiger partial charge < -0.3 is 4.74 Å². The Labute approximate surface area is 210 Å². The minimum absolute atomic E-state index is 0.0221. The average molecular weight is 496 g/mol. The molecule has 0 aromatic heterocycles. The highest BCUT2D eigenvalue weighted by Gasteiger charge is 2.65. The third-order valence-corrected chi connectivity index (χ3v) is 7.23. The molecule has 10 nitrogen and oxygen atoms in total. The van der Waals surface area contributed by atoms with Gasteiger partial charge in [-0.05, 0) is 17.2 Å². The number of rotatable bonds is 5. The summed E-state index contributed by atoms with van der Waals surface area (Å²) in [5.41, 5.74) is 1.66. The Morgan fingerprint density at radius 3 is 2.41 bits per heavy atom. The van der Waals surface area contributed by atoms with Crippen LogP contribution in [0.4, 0.5) is 11.4 Å². The number of hydrogen-bond acceptors (Lipinski definition) is 8. The number of non-ortho nitro benzene ring substituents is 1. The molecule has 0 spiro atoms. The lowest BCUT2D eigenvalue weighted by atomic mass is 9.83. The molecule has 0 radical (unpaired) electrons. The Balaban J connectivity index is 1.52. The summed E-state index contributed by atoms with van der Waals surface area (Å²) in [7, 11) is 1.35. The molecule has 0 bridgehead atoms. The van der Waals surface area contributed by atoms with Crippen molar-refractivity contribution in [2.75, 3.05) is 12.0 Å².